The van der Waals surface area contributed by atoms with E-state index in [4.69, 9.17) is 0 Å². The van der Waals surface area contributed by atoms with Gasteiger partial charge >= 0.3 is 6.03 Å². The molecule has 3 aliphatic rings. The monoisotopic (exact) mass is 348 g/mol. The van der Waals surface area contributed by atoms with Crippen molar-refractivity contribution in [2.24, 2.45) is 0 Å². The molecule has 3 saturated heterocycles. The van der Waals surface area contributed by atoms with Gasteiger partial charge in [0.2, 0.25) is 5.91 Å². The second kappa shape index (κ2) is 6.04. The van der Waals surface area contributed by atoms with Gasteiger partial charge in [-0.25, -0.2) is 4.79 Å². The maximum absolute atomic E-state index is 12.7. The van der Waals surface area contributed by atoms with Gasteiger partial charge in [0.15, 0.2) is 0 Å². The van der Waals surface area contributed by atoms with E-state index in [0.717, 1.165) is 44.6 Å². The van der Waals surface area contributed by atoms with E-state index >= 15 is 0 Å². The van der Waals surface area contributed by atoms with Crippen LogP contribution >= 0.6 is 11.3 Å². The average molecular weight is 348 g/mol. The molecule has 1 aromatic heterocycles. The molecule has 0 aliphatic carbocycles. The van der Waals surface area contributed by atoms with Crippen LogP contribution in [-0.4, -0.2) is 78.5 Å². The summed E-state index contributed by atoms with van der Waals surface area (Å²) in [6.07, 6.45) is 3.16. The lowest BCUT2D eigenvalue weighted by Crippen LogP contribution is -2.64. The summed E-state index contributed by atoms with van der Waals surface area (Å²) >= 11 is 1.61. The van der Waals surface area contributed by atoms with Crippen LogP contribution < -0.4 is 4.90 Å². The molecule has 7 heteroatoms. The van der Waals surface area contributed by atoms with Crippen molar-refractivity contribution in [3.8, 4) is 0 Å². The first kappa shape index (κ1) is 15.9. The van der Waals surface area contributed by atoms with E-state index in [2.05, 4.69) is 4.90 Å². The smallest absolute Gasteiger partial charge is 0.320 e. The number of nitrogens with zero attached hydrogens (tertiary/aromatic N) is 4. The molecule has 0 saturated carbocycles. The van der Waals surface area contributed by atoms with Crippen LogP contribution in [0.1, 0.15) is 19.3 Å². The lowest BCUT2D eigenvalue weighted by Gasteiger charge is -2.46. The quantitative estimate of drug-likeness (QED) is 0.776. The zero-order valence-corrected chi connectivity index (χ0v) is 14.9. The Kier molecular flexibility index (Phi) is 4.00. The van der Waals surface area contributed by atoms with E-state index in [1.165, 1.54) is 0 Å². The molecule has 0 radical (unpaired) electrons. The first-order chi connectivity index (χ1) is 11.6. The van der Waals surface area contributed by atoms with Gasteiger partial charge in [-0.1, -0.05) is 0 Å². The van der Waals surface area contributed by atoms with Crippen molar-refractivity contribution in [2.75, 3.05) is 51.2 Å². The van der Waals surface area contributed by atoms with Gasteiger partial charge in [-0.15, -0.1) is 0 Å². The van der Waals surface area contributed by atoms with Gasteiger partial charge in [0.25, 0.3) is 0 Å². The predicted octanol–water partition coefficient (Wildman–Crippen LogP) is 1.69. The van der Waals surface area contributed by atoms with Crippen LogP contribution in [0.25, 0.3) is 0 Å². The van der Waals surface area contributed by atoms with Crippen molar-refractivity contribution in [3.63, 3.8) is 0 Å². The van der Waals surface area contributed by atoms with Crippen LogP contribution in [0.5, 0.6) is 0 Å². The normalized spacial score (nSPS) is 28.4. The molecule has 130 valence electrons. The SMILES string of the molecule is CN1CC(=O)N(c2ccsc2)C[C@@]12CCN(C(=O)N1CCCC1)C2. The van der Waals surface area contributed by atoms with Gasteiger partial charge in [0.05, 0.1) is 17.8 Å². The zero-order valence-electron chi connectivity index (χ0n) is 14.1. The molecule has 6 nitrogen and oxygen atoms in total. The maximum atomic E-state index is 12.7. The van der Waals surface area contributed by atoms with E-state index in [0.29, 0.717) is 19.6 Å². The third-order valence-electron chi connectivity index (χ3n) is 5.73. The van der Waals surface area contributed by atoms with Crippen LogP contribution in [0.15, 0.2) is 16.8 Å². The van der Waals surface area contributed by atoms with Crippen LogP contribution in [0.4, 0.5) is 10.5 Å². The molecular formula is C17H24N4O2S. The molecule has 0 aromatic carbocycles. The Morgan fingerprint density at radius 1 is 1.17 bits per heavy atom. The van der Waals surface area contributed by atoms with E-state index in [1.807, 2.05) is 38.6 Å². The lowest BCUT2D eigenvalue weighted by atomic mass is 9.93. The molecule has 1 aromatic rings. The average Bonchev–Trinajstić information content (AvgIpc) is 3.32. The van der Waals surface area contributed by atoms with Crippen molar-refractivity contribution in [2.45, 2.75) is 24.8 Å². The largest absolute Gasteiger partial charge is 0.325 e. The predicted molar refractivity (Wildman–Crippen MR) is 94.4 cm³/mol. The number of urea groups is 1. The highest BCUT2D eigenvalue weighted by Gasteiger charge is 2.49. The van der Waals surface area contributed by atoms with Crippen molar-refractivity contribution in [3.05, 3.63) is 16.8 Å². The molecule has 3 aliphatic heterocycles. The molecule has 0 N–H and O–H groups in total. The molecule has 3 amide bonds. The number of likely N-dealkylation sites (N-methyl/N-ethyl adjacent to an activating group) is 1. The molecule has 0 bridgehead atoms. The lowest BCUT2D eigenvalue weighted by molar-refractivity contribution is -0.123. The van der Waals surface area contributed by atoms with Crippen LogP contribution in [0, 0.1) is 0 Å². The summed E-state index contributed by atoms with van der Waals surface area (Å²) < 4.78 is 0. The summed E-state index contributed by atoms with van der Waals surface area (Å²) in [6.45, 7) is 4.36. The third kappa shape index (κ3) is 2.59. The Morgan fingerprint density at radius 3 is 2.67 bits per heavy atom. The Balaban J connectivity index is 1.51. The van der Waals surface area contributed by atoms with Gasteiger partial charge < -0.3 is 14.7 Å². The van der Waals surface area contributed by atoms with E-state index in [9.17, 15) is 9.59 Å². The Bertz CT molecular complexity index is 629. The summed E-state index contributed by atoms with van der Waals surface area (Å²) in [5.41, 5.74) is 0.868. The second-order valence-corrected chi connectivity index (χ2v) is 7.97. The maximum Gasteiger partial charge on any atom is 0.320 e. The van der Waals surface area contributed by atoms with Crippen molar-refractivity contribution < 1.29 is 9.59 Å². The van der Waals surface area contributed by atoms with Crippen molar-refractivity contribution in [1.29, 1.82) is 0 Å². The van der Waals surface area contributed by atoms with Crippen molar-refractivity contribution >= 4 is 29.0 Å². The summed E-state index contributed by atoms with van der Waals surface area (Å²) in [7, 11) is 2.02. The van der Waals surface area contributed by atoms with Crippen molar-refractivity contribution in [1.82, 2.24) is 14.7 Å². The zero-order chi connectivity index (χ0) is 16.7. The minimum atomic E-state index is -0.120. The van der Waals surface area contributed by atoms with Gasteiger partial charge in [-0.3, -0.25) is 9.69 Å². The molecular weight excluding hydrogens is 324 g/mol. The van der Waals surface area contributed by atoms with Gasteiger partial charge in [0.1, 0.15) is 0 Å². The van der Waals surface area contributed by atoms with E-state index in [-0.39, 0.29) is 17.5 Å². The fraction of sp³-hybridized carbons (Fsp3) is 0.647. The Hall–Kier alpha value is -1.60. The number of amides is 3. The molecule has 4 rings (SSSR count). The Labute approximate surface area is 146 Å². The first-order valence-electron chi connectivity index (χ1n) is 8.67. The second-order valence-electron chi connectivity index (χ2n) is 7.19. The minimum Gasteiger partial charge on any atom is -0.325 e. The molecule has 4 heterocycles. The fourth-order valence-corrected chi connectivity index (χ4v) is 4.82. The summed E-state index contributed by atoms with van der Waals surface area (Å²) in [5, 5.41) is 4.03. The highest BCUT2D eigenvalue weighted by molar-refractivity contribution is 7.08. The molecule has 24 heavy (non-hydrogen) atoms. The van der Waals surface area contributed by atoms with Gasteiger partial charge in [0, 0.05) is 38.1 Å². The number of carbonyl (C=O) groups excluding carboxylic acids is 2. The third-order valence-corrected chi connectivity index (χ3v) is 6.40. The summed E-state index contributed by atoms with van der Waals surface area (Å²) in [5.74, 6) is 0.144. The topological polar surface area (TPSA) is 47.1 Å². The highest BCUT2D eigenvalue weighted by atomic mass is 32.1. The Morgan fingerprint density at radius 2 is 1.96 bits per heavy atom. The van der Waals surface area contributed by atoms with E-state index < -0.39 is 0 Å². The molecule has 1 spiro atoms. The standard InChI is InChI=1S/C17H24N4O2S/c1-18-10-15(22)21(14-4-9-24-11-14)13-17(18)5-8-20(12-17)16(23)19-6-2-3-7-19/h4,9,11H,2-3,5-8,10,12-13H2,1H3/t17-/m0/s1. The number of carbonyl (C=O) groups is 2. The molecule has 3 fully saturated rings. The highest BCUT2D eigenvalue weighted by Crippen LogP contribution is 2.34. The van der Waals surface area contributed by atoms with Crippen LogP contribution in [0.3, 0.4) is 0 Å². The number of thiophene rings is 1. The molecule has 1 atom stereocenters. The number of likely N-dealkylation sites (tertiary alicyclic amines) is 2. The number of hydrogen-bond donors (Lipinski definition) is 0. The van der Waals surface area contributed by atoms with E-state index in [1.54, 1.807) is 11.3 Å². The van der Waals surface area contributed by atoms with Gasteiger partial charge in [-0.05, 0) is 37.8 Å². The van der Waals surface area contributed by atoms with Crippen LogP contribution in [0.2, 0.25) is 0 Å². The summed E-state index contributed by atoms with van der Waals surface area (Å²) in [6, 6.07) is 2.18. The first-order valence-corrected chi connectivity index (χ1v) is 9.61. The number of anilines is 1. The van der Waals surface area contributed by atoms with Gasteiger partial charge in [-0.2, -0.15) is 11.3 Å². The number of rotatable bonds is 1. The number of piperazine rings is 1. The summed E-state index contributed by atoms with van der Waals surface area (Å²) in [4.78, 5) is 33.2. The molecule has 0 unspecified atom stereocenters. The number of hydrogen-bond acceptors (Lipinski definition) is 4. The minimum absolute atomic E-state index is 0.120. The van der Waals surface area contributed by atoms with Crippen LogP contribution in [-0.2, 0) is 4.79 Å². The fourth-order valence-electron chi connectivity index (χ4n) is 4.17.